The predicted molar refractivity (Wildman–Crippen MR) is 93.6 cm³/mol. The van der Waals surface area contributed by atoms with E-state index in [1.807, 2.05) is 12.1 Å². The number of carbonyl (C=O) groups is 1. The van der Waals surface area contributed by atoms with E-state index >= 15 is 0 Å². The number of aromatic amines is 1. The maximum atomic E-state index is 12.9. The Bertz CT molecular complexity index is 965. The van der Waals surface area contributed by atoms with Gasteiger partial charge >= 0.3 is 0 Å². The minimum atomic E-state index is -0.393. The quantitative estimate of drug-likeness (QED) is 0.750. The van der Waals surface area contributed by atoms with Crippen molar-refractivity contribution in [3.05, 3.63) is 75.8 Å². The molecule has 0 saturated heterocycles. The van der Waals surface area contributed by atoms with Gasteiger partial charge in [0.15, 0.2) is 0 Å². The molecular formula is C19H17FN2O3. The van der Waals surface area contributed by atoms with Crippen LogP contribution < -0.4 is 15.6 Å². The number of pyridine rings is 1. The van der Waals surface area contributed by atoms with E-state index in [4.69, 9.17) is 4.74 Å². The molecule has 3 rings (SSSR count). The number of rotatable bonds is 5. The maximum absolute atomic E-state index is 12.9. The first-order chi connectivity index (χ1) is 12.1. The molecule has 2 aromatic carbocycles. The molecule has 1 aromatic heterocycles. The third-order valence-electron chi connectivity index (χ3n) is 3.92. The second-order valence-electron chi connectivity index (χ2n) is 5.59. The van der Waals surface area contributed by atoms with E-state index in [0.29, 0.717) is 35.4 Å². The molecule has 0 atom stereocenters. The highest BCUT2D eigenvalue weighted by atomic mass is 19.1. The Balaban J connectivity index is 1.68. The second kappa shape index (κ2) is 7.17. The van der Waals surface area contributed by atoms with Crippen molar-refractivity contribution in [3.8, 4) is 5.75 Å². The standard InChI is InChI=1S/C19H17FN2O3/c1-25-16-7-4-13-10-14(19(24)22-17(13)11-16)8-9-21-18(23)12-2-5-15(20)6-3-12/h2-7,10-11H,8-9H2,1H3,(H,21,23)(H,22,24). The van der Waals surface area contributed by atoms with E-state index in [1.54, 1.807) is 19.2 Å². The average molecular weight is 340 g/mol. The number of amides is 1. The molecule has 3 aromatic rings. The van der Waals surface area contributed by atoms with Crippen LogP contribution in [-0.2, 0) is 6.42 Å². The Morgan fingerprint density at radius 1 is 1.16 bits per heavy atom. The molecule has 1 heterocycles. The molecule has 2 N–H and O–H groups in total. The van der Waals surface area contributed by atoms with Crippen LogP contribution in [0.5, 0.6) is 5.75 Å². The van der Waals surface area contributed by atoms with Crippen LogP contribution in [0.4, 0.5) is 4.39 Å². The highest BCUT2D eigenvalue weighted by Gasteiger charge is 2.07. The van der Waals surface area contributed by atoms with Gasteiger partial charge in [-0.15, -0.1) is 0 Å². The van der Waals surface area contributed by atoms with Gasteiger partial charge < -0.3 is 15.0 Å². The van der Waals surface area contributed by atoms with Gasteiger partial charge in [0.2, 0.25) is 0 Å². The van der Waals surface area contributed by atoms with Crippen LogP contribution in [0.3, 0.4) is 0 Å². The van der Waals surface area contributed by atoms with Gasteiger partial charge in [0.1, 0.15) is 11.6 Å². The molecular weight excluding hydrogens is 323 g/mol. The smallest absolute Gasteiger partial charge is 0.251 e. The van der Waals surface area contributed by atoms with Crippen molar-refractivity contribution in [3.63, 3.8) is 0 Å². The summed E-state index contributed by atoms with van der Waals surface area (Å²) in [5, 5.41) is 3.62. The summed E-state index contributed by atoms with van der Waals surface area (Å²) in [6.45, 7) is 0.306. The summed E-state index contributed by atoms with van der Waals surface area (Å²) in [7, 11) is 1.57. The molecule has 0 radical (unpaired) electrons. The van der Waals surface area contributed by atoms with Crippen LogP contribution in [-0.4, -0.2) is 24.5 Å². The number of aromatic nitrogens is 1. The molecule has 128 valence electrons. The first-order valence-corrected chi connectivity index (χ1v) is 7.80. The molecule has 25 heavy (non-hydrogen) atoms. The zero-order valence-electron chi connectivity index (χ0n) is 13.6. The van der Waals surface area contributed by atoms with Crippen molar-refractivity contribution >= 4 is 16.8 Å². The first kappa shape index (κ1) is 16.7. The zero-order valence-corrected chi connectivity index (χ0v) is 13.6. The van der Waals surface area contributed by atoms with Gasteiger partial charge in [-0.2, -0.15) is 0 Å². The number of ether oxygens (including phenoxy) is 1. The summed E-state index contributed by atoms with van der Waals surface area (Å²) in [5.74, 6) is -0.0275. The normalized spacial score (nSPS) is 10.6. The van der Waals surface area contributed by atoms with Crippen LogP contribution in [0.15, 0.2) is 53.3 Å². The van der Waals surface area contributed by atoms with Crippen molar-refractivity contribution in [2.24, 2.45) is 0 Å². The van der Waals surface area contributed by atoms with Crippen LogP contribution in [0, 0.1) is 5.82 Å². The van der Waals surface area contributed by atoms with E-state index in [9.17, 15) is 14.0 Å². The summed E-state index contributed by atoms with van der Waals surface area (Å²) in [6, 6.07) is 12.6. The Hall–Kier alpha value is -3.15. The van der Waals surface area contributed by atoms with Crippen LogP contribution in [0.1, 0.15) is 15.9 Å². The molecule has 0 fully saturated rings. The van der Waals surface area contributed by atoms with Gasteiger partial charge in [0.05, 0.1) is 12.6 Å². The number of hydrogen-bond acceptors (Lipinski definition) is 3. The van der Waals surface area contributed by atoms with Gasteiger partial charge in [0, 0.05) is 23.7 Å². The second-order valence-corrected chi connectivity index (χ2v) is 5.59. The number of fused-ring (bicyclic) bond motifs is 1. The molecule has 0 aliphatic carbocycles. The highest BCUT2D eigenvalue weighted by Crippen LogP contribution is 2.18. The fourth-order valence-electron chi connectivity index (χ4n) is 2.55. The van der Waals surface area contributed by atoms with Gasteiger partial charge in [-0.25, -0.2) is 4.39 Å². The molecule has 0 aliphatic heterocycles. The number of methoxy groups -OCH3 is 1. The van der Waals surface area contributed by atoms with Crippen molar-refractivity contribution in [2.75, 3.05) is 13.7 Å². The third-order valence-corrected chi connectivity index (χ3v) is 3.92. The van der Waals surface area contributed by atoms with E-state index in [2.05, 4.69) is 10.3 Å². The lowest BCUT2D eigenvalue weighted by atomic mass is 10.1. The number of halogens is 1. The summed E-state index contributed by atoms with van der Waals surface area (Å²) in [6.07, 6.45) is 0.393. The van der Waals surface area contributed by atoms with Gasteiger partial charge in [-0.1, -0.05) is 0 Å². The average Bonchev–Trinajstić information content (AvgIpc) is 2.62. The van der Waals surface area contributed by atoms with Crippen molar-refractivity contribution in [1.82, 2.24) is 10.3 Å². The van der Waals surface area contributed by atoms with Gasteiger partial charge in [0.25, 0.3) is 11.5 Å². The first-order valence-electron chi connectivity index (χ1n) is 7.80. The van der Waals surface area contributed by atoms with Gasteiger partial charge in [-0.05, 0) is 54.3 Å². The van der Waals surface area contributed by atoms with Crippen molar-refractivity contribution in [2.45, 2.75) is 6.42 Å². The Morgan fingerprint density at radius 2 is 1.92 bits per heavy atom. The predicted octanol–water partition coefficient (Wildman–Crippen LogP) is 2.65. The molecule has 0 aliphatic rings. The summed E-state index contributed by atoms with van der Waals surface area (Å²) < 4.78 is 18.0. The van der Waals surface area contributed by atoms with Crippen LogP contribution in [0.25, 0.3) is 10.9 Å². The third kappa shape index (κ3) is 3.85. The number of H-pyrrole nitrogens is 1. The Kier molecular flexibility index (Phi) is 4.79. The van der Waals surface area contributed by atoms with Crippen LogP contribution in [0.2, 0.25) is 0 Å². The van der Waals surface area contributed by atoms with E-state index in [0.717, 1.165) is 5.39 Å². The fraction of sp³-hybridized carbons (Fsp3) is 0.158. The Labute approximate surface area is 143 Å². The van der Waals surface area contributed by atoms with Crippen molar-refractivity contribution < 1.29 is 13.9 Å². The summed E-state index contributed by atoms with van der Waals surface area (Å²) in [4.78, 5) is 27.0. The van der Waals surface area contributed by atoms with Crippen molar-refractivity contribution in [1.29, 1.82) is 0 Å². The number of nitrogens with one attached hydrogen (secondary N) is 2. The minimum Gasteiger partial charge on any atom is -0.497 e. The molecule has 0 unspecified atom stereocenters. The molecule has 6 heteroatoms. The monoisotopic (exact) mass is 340 g/mol. The fourth-order valence-corrected chi connectivity index (χ4v) is 2.55. The summed E-state index contributed by atoms with van der Waals surface area (Å²) >= 11 is 0. The maximum Gasteiger partial charge on any atom is 0.251 e. The lowest BCUT2D eigenvalue weighted by Gasteiger charge is -2.07. The number of benzene rings is 2. The SMILES string of the molecule is COc1ccc2cc(CCNC(=O)c3ccc(F)cc3)c(=O)[nH]c2c1. The Morgan fingerprint density at radius 3 is 2.64 bits per heavy atom. The lowest BCUT2D eigenvalue weighted by molar-refractivity contribution is 0.0954. The molecule has 0 spiro atoms. The van der Waals surface area contributed by atoms with E-state index in [-0.39, 0.29) is 11.5 Å². The lowest BCUT2D eigenvalue weighted by Crippen LogP contribution is -2.27. The zero-order chi connectivity index (χ0) is 17.8. The van der Waals surface area contributed by atoms with E-state index in [1.165, 1.54) is 24.3 Å². The molecule has 0 saturated carbocycles. The molecule has 0 bridgehead atoms. The van der Waals surface area contributed by atoms with Gasteiger partial charge in [-0.3, -0.25) is 9.59 Å². The van der Waals surface area contributed by atoms with E-state index < -0.39 is 5.82 Å². The molecule has 1 amide bonds. The molecule has 5 nitrogen and oxygen atoms in total. The number of carbonyl (C=O) groups excluding carboxylic acids is 1. The van der Waals surface area contributed by atoms with Crippen LogP contribution >= 0.6 is 0 Å². The number of hydrogen-bond donors (Lipinski definition) is 2. The topological polar surface area (TPSA) is 71.2 Å². The largest absolute Gasteiger partial charge is 0.497 e. The summed E-state index contributed by atoms with van der Waals surface area (Å²) in [5.41, 5.74) is 1.46. The minimum absolute atomic E-state index is 0.197. The highest BCUT2D eigenvalue weighted by molar-refractivity contribution is 5.94.